The van der Waals surface area contributed by atoms with Gasteiger partial charge in [-0.2, -0.15) is 5.10 Å². The third-order valence-corrected chi connectivity index (χ3v) is 3.44. The first-order valence-electron chi connectivity index (χ1n) is 6.18. The summed E-state index contributed by atoms with van der Waals surface area (Å²) in [5, 5.41) is 9.73. The number of piperidine rings is 1. The van der Waals surface area contributed by atoms with Crippen molar-refractivity contribution in [1.82, 2.24) is 20.4 Å². The first kappa shape index (κ1) is 12.0. The Balaban J connectivity index is 1.80. The zero-order valence-electron chi connectivity index (χ0n) is 10.5. The van der Waals surface area contributed by atoms with Gasteiger partial charge >= 0.3 is 6.03 Å². The van der Waals surface area contributed by atoms with Gasteiger partial charge in [0.15, 0.2) is 0 Å². The number of hydrogen-bond donors (Lipinski definition) is 2. The van der Waals surface area contributed by atoms with Crippen LogP contribution in [0, 0.1) is 12.8 Å². The van der Waals surface area contributed by atoms with Crippen molar-refractivity contribution in [2.24, 2.45) is 5.92 Å². The molecule has 1 aliphatic rings. The van der Waals surface area contributed by atoms with E-state index in [1.54, 1.807) is 6.20 Å². The lowest BCUT2D eigenvalue weighted by molar-refractivity contribution is 0.173. The van der Waals surface area contributed by atoms with Crippen LogP contribution in [0.3, 0.4) is 0 Å². The Kier molecular flexibility index (Phi) is 3.66. The monoisotopic (exact) mass is 236 g/mol. The molecular weight excluding hydrogens is 216 g/mol. The van der Waals surface area contributed by atoms with Gasteiger partial charge < -0.3 is 10.2 Å². The zero-order chi connectivity index (χ0) is 12.3. The molecule has 0 spiro atoms. The molecule has 17 heavy (non-hydrogen) atoms. The van der Waals surface area contributed by atoms with Crippen LogP contribution in [0.1, 0.15) is 31.0 Å². The van der Waals surface area contributed by atoms with Crippen LogP contribution in [0.15, 0.2) is 6.20 Å². The SMILES string of the molecule is Cc1[nH]ncc1CNC(=O)N1CCC(C)CC1. The molecule has 2 heterocycles. The summed E-state index contributed by atoms with van der Waals surface area (Å²) in [6.07, 6.45) is 3.98. The van der Waals surface area contributed by atoms with Gasteiger partial charge in [-0.25, -0.2) is 4.79 Å². The predicted molar refractivity (Wildman–Crippen MR) is 65.5 cm³/mol. The number of aryl methyl sites for hydroxylation is 1. The summed E-state index contributed by atoms with van der Waals surface area (Å²) in [4.78, 5) is 13.8. The van der Waals surface area contributed by atoms with Crippen LogP contribution in [-0.4, -0.2) is 34.2 Å². The molecule has 5 heteroatoms. The number of aromatic amines is 1. The minimum Gasteiger partial charge on any atom is -0.334 e. The van der Waals surface area contributed by atoms with Crippen LogP contribution in [0.25, 0.3) is 0 Å². The van der Waals surface area contributed by atoms with Gasteiger partial charge in [0, 0.05) is 30.9 Å². The zero-order valence-corrected chi connectivity index (χ0v) is 10.5. The lowest BCUT2D eigenvalue weighted by Crippen LogP contribution is -2.43. The molecule has 0 aliphatic carbocycles. The van der Waals surface area contributed by atoms with Gasteiger partial charge in [-0.1, -0.05) is 6.92 Å². The van der Waals surface area contributed by atoms with E-state index in [4.69, 9.17) is 0 Å². The first-order chi connectivity index (χ1) is 8.16. The summed E-state index contributed by atoms with van der Waals surface area (Å²) in [6.45, 7) is 6.49. The van der Waals surface area contributed by atoms with Crippen LogP contribution in [0.2, 0.25) is 0 Å². The second-order valence-electron chi connectivity index (χ2n) is 4.85. The molecule has 1 saturated heterocycles. The molecule has 1 aromatic rings. The van der Waals surface area contributed by atoms with Gasteiger partial charge in [0.25, 0.3) is 0 Å². The molecule has 0 saturated carbocycles. The molecule has 5 nitrogen and oxygen atoms in total. The van der Waals surface area contributed by atoms with Crippen LogP contribution in [0.4, 0.5) is 4.79 Å². The van der Waals surface area contributed by atoms with Crippen molar-refractivity contribution >= 4 is 6.03 Å². The van der Waals surface area contributed by atoms with Crippen molar-refractivity contribution in [3.63, 3.8) is 0 Å². The molecule has 94 valence electrons. The average Bonchev–Trinajstić information content (AvgIpc) is 2.73. The summed E-state index contributed by atoms with van der Waals surface area (Å²) >= 11 is 0. The largest absolute Gasteiger partial charge is 0.334 e. The van der Waals surface area contributed by atoms with Crippen LogP contribution >= 0.6 is 0 Å². The summed E-state index contributed by atoms with van der Waals surface area (Å²) < 4.78 is 0. The number of rotatable bonds is 2. The summed E-state index contributed by atoms with van der Waals surface area (Å²) in [5.41, 5.74) is 2.06. The maximum Gasteiger partial charge on any atom is 0.317 e. The second-order valence-corrected chi connectivity index (χ2v) is 4.85. The van der Waals surface area contributed by atoms with E-state index in [9.17, 15) is 4.79 Å². The van der Waals surface area contributed by atoms with Crippen LogP contribution in [-0.2, 0) is 6.54 Å². The van der Waals surface area contributed by atoms with E-state index in [1.807, 2.05) is 11.8 Å². The smallest absolute Gasteiger partial charge is 0.317 e. The molecule has 0 aromatic carbocycles. The highest BCUT2D eigenvalue weighted by Gasteiger charge is 2.19. The molecule has 2 N–H and O–H groups in total. The number of carbonyl (C=O) groups is 1. The summed E-state index contributed by atoms with van der Waals surface area (Å²) in [7, 11) is 0. The Labute approximate surface area is 102 Å². The second kappa shape index (κ2) is 5.21. The Morgan fingerprint density at radius 2 is 2.29 bits per heavy atom. The fourth-order valence-corrected chi connectivity index (χ4v) is 2.05. The van der Waals surface area contributed by atoms with Crippen molar-refractivity contribution in [3.05, 3.63) is 17.5 Å². The molecule has 2 amide bonds. The van der Waals surface area contributed by atoms with E-state index >= 15 is 0 Å². The minimum absolute atomic E-state index is 0.0394. The van der Waals surface area contributed by atoms with Crippen molar-refractivity contribution in [3.8, 4) is 0 Å². The van der Waals surface area contributed by atoms with E-state index in [1.165, 1.54) is 0 Å². The molecule has 1 fully saturated rings. The van der Waals surface area contributed by atoms with E-state index in [0.29, 0.717) is 6.54 Å². The highest BCUT2D eigenvalue weighted by molar-refractivity contribution is 5.74. The number of nitrogens with zero attached hydrogens (tertiary/aromatic N) is 2. The Hall–Kier alpha value is -1.52. The number of aromatic nitrogens is 2. The highest BCUT2D eigenvalue weighted by Crippen LogP contribution is 2.15. The average molecular weight is 236 g/mol. The summed E-state index contributed by atoms with van der Waals surface area (Å²) in [5.74, 6) is 0.746. The number of carbonyl (C=O) groups excluding carboxylic acids is 1. The number of amides is 2. The number of nitrogens with one attached hydrogen (secondary N) is 2. The van der Waals surface area contributed by atoms with Gasteiger partial charge in [0.1, 0.15) is 0 Å². The molecule has 0 bridgehead atoms. The standard InChI is InChI=1S/C12H20N4O/c1-9-3-5-16(6-4-9)12(17)13-7-11-8-14-15-10(11)2/h8-9H,3-7H2,1-2H3,(H,13,17)(H,14,15). The van der Waals surface area contributed by atoms with E-state index in [0.717, 1.165) is 43.1 Å². The molecule has 2 rings (SSSR count). The van der Waals surface area contributed by atoms with Crippen molar-refractivity contribution in [2.45, 2.75) is 33.2 Å². The van der Waals surface area contributed by atoms with E-state index in [-0.39, 0.29) is 6.03 Å². The van der Waals surface area contributed by atoms with Crippen molar-refractivity contribution < 1.29 is 4.79 Å². The maximum atomic E-state index is 11.9. The fourth-order valence-electron chi connectivity index (χ4n) is 2.05. The lowest BCUT2D eigenvalue weighted by Gasteiger charge is -2.30. The Bertz CT molecular complexity index is 380. The molecular formula is C12H20N4O. The molecule has 0 radical (unpaired) electrons. The quantitative estimate of drug-likeness (QED) is 0.820. The van der Waals surface area contributed by atoms with Gasteiger partial charge in [-0.3, -0.25) is 5.10 Å². The van der Waals surface area contributed by atoms with Crippen LogP contribution < -0.4 is 5.32 Å². The third kappa shape index (κ3) is 2.99. The van der Waals surface area contributed by atoms with E-state index < -0.39 is 0 Å². The van der Waals surface area contributed by atoms with Crippen molar-refractivity contribution in [1.29, 1.82) is 0 Å². The van der Waals surface area contributed by atoms with Gasteiger partial charge in [0.2, 0.25) is 0 Å². The molecule has 1 aliphatic heterocycles. The topological polar surface area (TPSA) is 61.0 Å². The third-order valence-electron chi connectivity index (χ3n) is 3.44. The summed E-state index contributed by atoms with van der Waals surface area (Å²) in [6, 6.07) is 0.0394. The number of H-pyrrole nitrogens is 1. The molecule has 0 atom stereocenters. The Morgan fingerprint density at radius 1 is 1.59 bits per heavy atom. The number of hydrogen-bond acceptors (Lipinski definition) is 2. The normalized spacial score (nSPS) is 17.2. The fraction of sp³-hybridized carbons (Fsp3) is 0.667. The lowest BCUT2D eigenvalue weighted by atomic mass is 10.00. The van der Waals surface area contributed by atoms with Crippen LogP contribution in [0.5, 0.6) is 0 Å². The number of likely N-dealkylation sites (tertiary alicyclic amines) is 1. The molecule has 0 unspecified atom stereocenters. The molecule has 1 aromatic heterocycles. The van der Waals surface area contributed by atoms with Gasteiger partial charge in [0.05, 0.1) is 6.20 Å². The Morgan fingerprint density at radius 3 is 2.88 bits per heavy atom. The highest BCUT2D eigenvalue weighted by atomic mass is 16.2. The maximum absolute atomic E-state index is 11.9. The first-order valence-corrected chi connectivity index (χ1v) is 6.18. The number of urea groups is 1. The minimum atomic E-state index is 0.0394. The van der Waals surface area contributed by atoms with Crippen molar-refractivity contribution in [2.75, 3.05) is 13.1 Å². The van der Waals surface area contributed by atoms with Gasteiger partial charge in [-0.15, -0.1) is 0 Å². The van der Waals surface area contributed by atoms with Gasteiger partial charge in [-0.05, 0) is 25.7 Å². The van der Waals surface area contributed by atoms with E-state index in [2.05, 4.69) is 22.4 Å². The predicted octanol–water partition coefficient (Wildman–Crippen LogP) is 1.66.